The third-order valence-electron chi connectivity index (χ3n) is 15.4. The number of hydrogen-bond donors (Lipinski definition) is 1. The van der Waals surface area contributed by atoms with Gasteiger partial charge in [0.05, 0.1) is 30.9 Å². The molecule has 9 rings (SSSR count). The minimum absolute atomic E-state index is 0.00698. The molecule has 81 heavy (non-hydrogen) atoms. The van der Waals surface area contributed by atoms with E-state index in [-0.39, 0.29) is 17.7 Å². The maximum Gasteiger partial charge on any atom is 0.339 e. The molecule has 0 aromatic heterocycles. The molecule has 0 radical (unpaired) electrons. The third-order valence-corrected chi connectivity index (χ3v) is 25.3. The van der Waals surface area contributed by atoms with Crippen LogP contribution >= 0.6 is 0 Å². The van der Waals surface area contributed by atoms with E-state index in [1.165, 1.54) is 0 Å². The Hall–Kier alpha value is -6.86. The first-order valence-electron chi connectivity index (χ1n) is 27.6. The first kappa shape index (κ1) is 58.8. The molecule has 0 amide bonds. The number of benzene rings is 7. The van der Waals surface area contributed by atoms with Crippen LogP contribution in [0.2, 0.25) is 10.1 Å². The van der Waals surface area contributed by atoms with Crippen LogP contribution in [-0.2, 0) is 48.7 Å². The molecule has 2 heterocycles. The van der Waals surface area contributed by atoms with Crippen LogP contribution in [0.15, 0.2) is 212 Å². The number of rotatable bonds is 19. The predicted molar refractivity (Wildman–Crippen MR) is 317 cm³/mol. The molecule has 14 heteroatoms. The number of carbonyl (C=O) groups excluding carboxylic acids is 3. The highest BCUT2D eigenvalue weighted by Gasteiger charge is 2.82. The fourth-order valence-electron chi connectivity index (χ4n) is 11.7. The van der Waals surface area contributed by atoms with Gasteiger partial charge in [-0.1, -0.05) is 230 Å². The van der Waals surface area contributed by atoms with Gasteiger partial charge in [0.25, 0.3) is 16.6 Å². The van der Waals surface area contributed by atoms with Crippen LogP contribution in [0.3, 0.4) is 0 Å². The summed E-state index contributed by atoms with van der Waals surface area (Å²) in [6.45, 7) is 15.9. The Labute approximate surface area is 478 Å². The van der Waals surface area contributed by atoms with Crippen LogP contribution < -0.4 is 20.7 Å². The second-order valence-electron chi connectivity index (χ2n) is 24.0. The van der Waals surface area contributed by atoms with Gasteiger partial charge in [-0.3, -0.25) is 0 Å². The smallest absolute Gasteiger partial charge is 0.339 e. The van der Waals surface area contributed by atoms with Crippen molar-refractivity contribution < 1.29 is 56.8 Å². The minimum Gasteiger partial charge on any atom is -0.458 e. The molecule has 422 valence electrons. The first-order valence-corrected chi connectivity index (χ1v) is 31.4. The molecular formula is C67H74O12Si2. The molecule has 12 nitrogen and oxygen atoms in total. The Balaban J connectivity index is 1.36. The summed E-state index contributed by atoms with van der Waals surface area (Å²) in [6, 6.07) is 65.7. The summed E-state index contributed by atoms with van der Waals surface area (Å²) in [5, 5.41) is 17.2. The summed E-state index contributed by atoms with van der Waals surface area (Å²) in [4.78, 5) is 46.0. The maximum absolute atomic E-state index is 15.8. The molecule has 2 saturated heterocycles. The Kier molecular flexibility index (Phi) is 17.1. The first-order chi connectivity index (χ1) is 38.6. The zero-order chi connectivity index (χ0) is 57.7. The van der Waals surface area contributed by atoms with Crippen LogP contribution in [0.4, 0.5) is 0 Å². The lowest BCUT2D eigenvalue weighted by atomic mass is 9.75. The zero-order valence-corrected chi connectivity index (χ0v) is 49.7. The van der Waals surface area contributed by atoms with Gasteiger partial charge in [-0.15, -0.1) is 0 Å². The minimum atomic E-state index is -3.72. The van der Waals surface area contributed by atoms with E-state index in [1.807, 2.05) is 152 Å². The third kappa shape index (κ3) is 11.5. The number of hydrogen-bond acceptors (Lipinski definition) is 12. The topological polar surface area (TPSA) is 145 Å². The number of carbonyl (C=O) groups is 3. The van der Waals surface area contributed by atoms with Gasteiger partial charge in [0, 0.05) is 0 Å². The summed E-state index contributed by atoms with van der Waals surface area (Å²) in [7, 11) is -7.41. The van der Waals surface area contributed by atoms with Gasteiger partial charge in [0.1, 0.15) is 12.2 Å². The van der Waals surface area contributed by atoms with E-state index in [1.54, 1.807) is 81.4 Å². The molecule has 1 N–H and O–H groups in total. The van der Waals surface area contributed by atoms with Crippen molar-refractivity contribution in [2.75, 3.05) is 19.8 Å². The van der Waals surface area contributed by atoms with Gasteiger partial charge >= 0.3 is 17.9 Å². The summed E-state index contributed by atoms with van der Waals surface area (Å²) >= 11 is 0. The number of fused-ring (bicyclic) bond motifs is 2. The standard InChI is InChI=1S/C67H74O12Si2/c1-62(2,3)78-61(70)58-65(71,46-73-80(63(4,5)6,52-37-23-13-24-38-52)53-39-25-14-26-40-53)66(47-74-81(64(7,8)9,54-41-27-15-28-42-54)55-43-29-16-30-44-55)56(75-59(68)50-33-19-11-20-34-50)57(76-60(69)51-35-21-12-22-36-51)67(77-58,79-66)48-72-45-49-31-17-10-18-32-49/h10-44,56-58,71H,45-48H2,1-9H3/t56-,57-,58+,65+,66-,67+/m1/s1. The highest BCUT2D eigenvalue weighted by molar-refractivity contribution is 7.00. The summed E-state index contributed by atoms with van der Waals surface area (Å²) in [5.41, 5.74) is -5.29. The molecule has 0 aliphatic carbocycles. The summed E-state index contributed by atoms with van der Waals surface area (Å²) in [6.07, 6.45) is -5.68. The van der Waals surface area contributed by atoms with E-state index in [2.05, 4.69) is 41.5 Å². The van der Waals surface area contributed by atoms with E-state index < -0.39 is 105 Å². The van der Waals surface area contributed by atoms with Gasteiger partial charge < -0.3 is 42.4 Å². The largest absolute Gasteiger partial charge is 0.458 e. The Morgan fingerprint density at radius 1 is 0.481 bits per heavy atom. The van der Waals surface area contributed by atoms with E-state index >= 15 is 14.7 Å². The molecule has 7 aromatic rings. The van der Waals surface area contributed by atoms with Crippen molar-refractivity contribution >= 4 is 55.3 Å². The van der Waals surface area contributed by atoms with Crippen molar-refractivity contribution in [3.8, 4) is 0 Å². The van der Waals surface area contributed by atoms with E-state index in [0.29, 0.717) is 0 Å². The molecular weight excluding hydrogens is 1050 g/mol. The normalized spacial score (nSPS) is 22.1. The SMILES string of the molecule is CC(C)(C)OC(=O)[C@@H]1O[C@@]2(COCc3ccccc3)O[C@](CO[Si](c3ccccc3)(c3ccccc3)C(C)(C)C)([C@H](OC(=O)c3ccccc3)[C@H]2OC(=O)c2ccccc2)[C@]1(O)CO[Si](c1ccccc1)(c1ccccc1)C(C)(C)C. The quantitative estimate of drug-likeness (QED) is 0.0468. The monoisotopic (exact) mass is 1130 g/mol. The van der Waals surface area contributed by atoms with Crippen LogP contribution in [0.25, 0.3) is 0 Å². The van der Waals surface area contributed by atoms with Crippen molar-refractivity contribution in [3.63, 3.8) is 0 Å². The van der Waals surface area contributed by atoms with E-state index in [0.717, 1.165) is 26.3 Å². The lowest BCUT2D eigenvalue weighted by Gasteiger charge is -2.56. The van der Waals surface area contributed by atoms with Gasteiger partial charge in [-0.25, -0.2) is 14.4 Å². The fraction of sp³-hybridized carbons (Fsp3) is 0.328. The van der Waals surface area contributed by atoms with Crippen molar-refractivity contribution in [1.29, 1.82) is 0 Å². The maximum atomic E-state index is 15.8. The number of esters is 3. The Morgan fingerprint density at radius 2 is 0.840 bits per heavy atom. The van der Waals surface area contributed by atoms with Crippen LogP contribution in [-0.4, -0.2) is 100 Å². The van der Waals surface area contributed by atoms with E-state index in [9.17, 15) is 4.79 Å². The van der Waals surface area contributed by atoms with Gasteiger partial charge in [0.15, 0.2) is 29.5 Å². The molecule has 0 saturated carbocycles. The molecule has 7 aromatic carbocycles. The fourth-order valence-corrected chi connectivity index (χ4v) is 20.9. The second kappa shape index (κ2) is 23.5. The summed E-state index contributed by atoms with van der Waals surface area (Å²) < 4.78 is 57.1. The Morgan fingerprint density at radius 3 is 1.22 bits per heavy atom. The van der Waals surface area contributed by atoms with Crippen LogP contribution in [0.5, 0.6) is 0 Å². The molecule has 2 fully saturated rings. The highest BCUT2D eigenvalue weighted by Crippen LogP contribution is 2.57. The summed E-state index contributed by atoms with van der Waals surface area (Å²) in [5.74, 6) is -5.04. The van der Waals surface area contributed by atoms with Crippen LogP contribution in [0, 0.1) is 0 Å². The molecule has 6 atom stereocenters. The average molecular weight is 1130 g/mol. The second-order valence-corrected chi connectivity index (χ2v) is 32.6. The van der Waals surface area contributed by atoms with Crippen molar-refractivity contribution in [3.05, 3.63) is 229 Å². The Bertz CT molecular complexity index is 3130. The molecule has 2 aliphatic heterocycles. The van der Waals surface area contributed by atoms with Gasteiger partial charge in [0.2, 0.25) is 5.79 Å². The predicted octanol–water partition coefficient (Wildman–Crippen LogP) is 9.74. The van der Waals surface area contributed by atoms with Crippen LogP contribution in [0.1, 0.15) is 88.6 Å². The highest BCUT2D eigenvalue weighted by atomic mass is 28.4. The van der Waals surface area contributed by atoms with Crippen molar-refractivity contribution in [2.24, 2.45) is 0 Å². The number of ether oxygens (including phenoxy) is 6. The molecule has 2 bridgehead atoms. The average Bonchev–Trinajstić information content (AvgIpc) is 2.88. The van der Waals surface area contributed by atoms with Crippen molar-refractivity contribution in [2.45, 2.75) is 120 Å². The molecule has 2 aliphatic rings. The van der Waals surface area contributed by atoms with E-state index in [4.69, 9.17) is 37.3 Å². The zero-order valence-electron chi connectivity index (χ0n) is 47.7. The molecule has 0 spiro atoms. The lowest BCUT2D eigenvalue weighted by molar-refractivity contribution is -0.401. The lowest BCUT2D eigenvalue weighted by Crippen LogP contribution is -2.79. The van der Waals surface area contributed by atoms with Gasteiger partial charge in [-0.2, -0.15) is 0 Å². The molecule has 0 unspecified atom stereocenters. The number of aliphatic hydroxyl groups is 1. The van der Waals surface area contributed by atoms with Crippen molar-refractivity contribution in [1.82, 2.24) is 0 Å². The van der Waals surface area contributed by atoms with Gasteiger partial charge in [-0.05, 0) is 81.4 Å².